The molecule has 0 unspecified atom stereocenters. The number of aromatic nitrogens is 2. The average molecular weight is 340 g/mol. The zero-order chi connectivity index (χ0) is 16.7. The van der Waals surface area contributed by atoms with Gasteiger partial charge in [-0.1, -0.05) is 24.3 Å². The van der Waals surface area contributed by atoms with Crippen LogP contribution in [0, 0.1) is 0 Å². The molecule has 120 valence electrons. The molecular weight excluding hydrogens is 328 g/mol. The van der Waals surface area contributed by atoms with Gasteiger partial charge in [0.25, 0.3) is 5.56 Å². The summed E-state index contributed by atoms with van der Waals surface area (Å²) in [4.78, 5) is 44.3. The van der Waals surface area contributed by atoms with Crippen molar-refractivity contribution in [2.45, 2.75) is 6.54 Å². The van der Waals surface area contributed by atoms with E-state index in [1.807, 2.05) is 29.6 Å². The molecule has 0 aliphatic carbocycles. The number of rotatable bonds is 3. The van der Waals surface area contributed by atoms with Crippen LogP contribution in [0.3, 0.4) is 0 Å². The van der Waals surface area contributed by atoms with Gasteiger partial charge in [-0.2, -0.15) is 0 Å². The second kappa shape index (κ2) is 5.57. The fourth-order valence-corrected chi connectivity index (χ4v) is 3.33. The number of aromatic amines is 1. The summed E-state index contributed by atoms with van der Waals surface area (Å²) in [5.74, 6) is 0.259. The van der Waals surface area contributed by atoms with Crippen LogP contribution in [0.2, 0.25) is 0 Å². The lowest BCUT2D eigenvalue weighted by molar-refractivity contribution is -0.125. The third-order valence-corrected chi connectivity index (χ3v) is 4.65. The van der Waals surface area contributed by atoms with Gasteiger partial charge in [-0.05, 0) is 17.0 Å². The standard InChI is InChI=1S/C16H12N4O3S/c21-12-7-17-16(23)20(12)8-9-1-3-10(4-2-9)13-18-14(22)11-5-6-24-15(11)19-13/h1-6H,7-8H2,(H,17,23)(H,18,19,22). The molecule has 0 bridgehead atoms. The Morgan fingerprint density at radius 2 is 1.92 bits per heavy atom. The molecule has 3 amide bonds. The van der Waals surface area contributed by atoms with E-state index in [0.717, 1.165) is 11.1 Å². The summed E-state index contributed by atoms with van der Waals surface area (Å²) in [5.41, 5.74) is 1.42. The van der Waals surface area contributed by atoms with Crippen LogP contribution in [-0.2, 0) is 11.3 Å². The molecule has 0 atom stereocenters. The Morgan fingerprint density at radius 3 is 2.62 bits per heavy atom. The number of benzene rings is 1. The maximum atomic E-state index is 12.0. The molecule has 3 aromatic rings. The van der Waals surface area contributed by atoms with E-state index in [0.29, 0.717) is 16.0 Å². The average Bonchev–Trinajstić information content (AvgIpc) is 3.18. The predicted octanol–water partition coefficient (Wildman–Crippen LogP) is 1.70. The van der Waals surface area contributed by atoms with Crippen molar-refractivity contribution >= 4 is 33.5 Å². The second-order valence-electron chi connectivity index (χ2n) is 5.39. The maximum Gasteiger partial charge on any atom is 0.324 e. The highest BCUT2D eigenvalue weighted by Crippen LogP contribution is 2.20. The van der Waals surface area contributed by atoms with Crippen molar-refractivity contribution in [3.05, 3.63) is 51.6 Å². The monoisotopic (exact) mass is 340 g/mol. The summed E-state index contributed by atoms with van der Waals surface area (Å²) >= 11 is 1.42. The van der Waals surface area contributed by atoms with E-state index in [9.17, 15) is 14.4 Å². The zero-order valence-corrected chi connectivity index (χ0v) is 13.2. The highest BCUT2D eigenvalue weighted by Gasteiger charge is 2.28. The molecule has 2 N–H and O–H groups in total. The molecule has 7 nitrogen and oxygen atoms in total. The molecule has 1 aromatic carbocycles. The fraction of sp³-hybridized carbons (Fsp3) is 0.125. The number of thiophene rings is 1. The predicted molar refractivity (Wildman–Crippen MR) is 89.6 cm³/mol. The Bertz CT molecular complexity index is 990. The van der Waals surface area contributed by atoms with Crippen molar-refractivity contribution in [1.82, 2.24) is 20.2 Å². The van der Waals surface area contributed by atoms with E-state index in [1.54, 1.807) is 6.07 Å². The van der Waals surface area contributed by atoms with Crippen LogP contribution in [0.15, 0.2) is 40.5 Å². The fourth-order valence-electron chi connectivity index (χ4n) is 2.57. The third-order valence-electron chi connectivity index (χ3n) is 3.84. The highest BCUT2D eigenvalue weighted by atomic mass is 32.1. The number of hydrogen-bond donors (Lipinski definition) is 2. The van der Waals surface area contributed by atoms with Crippen molar-refractivity contribution in [1.29, 1.82) is 0 Å². The van der Waals surface area contributed by atoms with Crippen molar-refractivity contribution < 1.29 is 9.59 Å². The van der Waals surface area contributed by atoms with Crippen LogP contribution in [-0.4, -0.2) is 33.4 Å². The first-order chi connectivity index (χ1) is 11.6. The minimum absolute atomic E-state index is 0.0445. The van der Waals surface area contributed by atoms with Crippen LogP contribution in [0.4, 0.5) is 4.79 Å². The van der Waals surface area contributed by atoms with E-state index < -0.39 is 0 Å². The lowest BCUT2D eigenvalue weighted by Crippen LogP contribution is -2.30. The lowest BCUT2D eigenvalue weighted by Gasteiger charge is -2.12. The number of urea groups is 1. The zero-order valence-electron chi connectivity index (χ0n) is 12.4. The largest absolute Gasteiger partial charge is 0.329 e. The molecule has 1 saturated heterocycles. The first-order valence-electron chi connectivity index (χ1n) is 7.27. The van der Waals surface area contributed by atoms with E-state index in [4.69, 9.17) is 0 Å². The van der Waals surface area contributed by atoms with Crippen LogP contribution < -0.4 is 10.9 Å². The van der Waals surface area contributed by atoms with E-state index in [1.165, 1.54) is 16.2 Å². The Balaban J connectivity index is 1.62. The van der Waals surface area contributed by atoms with Crippen molar-refractivity contribution in [2.24, 2.45) is 0 Å². The normalized spacial score (nSPS) is 14.4. The van der Waals surface area contributed by atoms with Gasteiger partial charge >= 0.3 is 6.03 Å². The smallest absolute Gasteiger partial charge is 0.324 e. The topological polar surface area (TPSA) is 95.2 Å². The number of nitrogens with one attached hydrogen (secondary N) is 2. The summed E-state index contributed by atoms with van der Waals surface area (Å²) in [7, 11) is 0. The van der Waals surface area contributed by atoms with Gasteiger partial charge in [-0.15, -0.1) is 11.3 Å². The number of amides is 3. The van der Waals surface area contributed by atoms with E-state index >= 15 is 0 Å². The number of carbonyl (C=O) groups is 2. The van der Waals surface area contributed by atoms with Gasteiger partial charge < -0.3 is 10.3 Å². The highest BCUT2D eigenvalue weighted by molar-refractivity contribution is 7.16. The van der Waals surface area contributed by atoms with Gasteiger partial charge in [-0.25, -0.2) is 9.78 Å². The molecule has 8 heteroatoms. The molecule has 0 saturated carbocycles. The summed E-state index contributed by atoms with van der Waals surface area (Å²) in [6.45, 7) is 0.266. The molecule has 0 spiro atoms. The molecule has 1 fully saturated rings. The minimum atomic E-state index is -0.377. The summed E-state index contributed by atoms with van der Waals surface area (Å²) in [6, 6.07) is 8.62. The number of nitrogens with zero attached hydrogens (tertiary/aromatic N) is 2. The Morgan fingerprint density at radius 1 is 1.12 bits per heavy atom. The number of imide groups is 1. The van der Waals surface area contributed by atoms with Crippen LogP contribution in [0.25, 0.3) is 21.6 Å². The quantitative estimate of drug-likeness (QED) is 0.710. The summed E-state index contributed by atoms with van der Waals surface area (Å²) in [5, 5.41) is 4.90. The molecule has 0 radical (unpaired) electrons. The van der Waals surface area contributed by atoms with Crippen molar-refractivity contribution in [2.75, 3.05) is 6.54 Å². The Labute approximate surface area is 139 Å². The van der Waals surface area contributed by atoms with E-state index in [2.05, 4.69) is 15.3 Å². The molecule has 2 aromatic heterocycles. The summed E-state index contributed by atoms with van der Waals surface area (Å²) in [6.07, 6.45) is 0. The minimum Gasteiger partial charge on any atom is -0.329 e. The maximum absolute atomic E-state index is 12.0. The van der Waals surface area contributed by atoms with Crippen LogP contribution >= 0.6 is 11.3 Å². The van der Waals surface area contributed by atoms with Crippen molar-refractivity contribution in [3.63, 3.8) is 0 Å². The molecule has 3 heterocycles. The Kier molecular flexibility index (Phi) is 3.39. The van der Waals surface area contributed by atoms with Crippen molar-refractivity contribution in [3.8, 4) is 11.4 Å². The number of H-pyrrole nitrogens is 1. The summed E-state index contributed by atoms with van der Waals surface area (Å²) < 4.78 is 0. The van der Waals surface area contributed by atoms with Gasteiger partial charge in [0.1, 0.15) is 10.7 Å². The van der Waals surface area contributed by atoms with Gasteiger partial charge in [-0.3, -0.25) is 14.5 Å². The second-order valence-corrected chi connectivity index (χ2v) is 6.28. The first-order valence-corrected chi connectivity index (χ1v) is 8.15. The van der Waals surface area contributed by atoms with Gasteiger partial charge in [0.05, 0.1) is 18.5 Å². The first kappa shape index (κ1) is 14.6. The number of fused-ring (bicyclic) bond motifs is 1. The molecule has 1 aliphatic heterocycles. The molecule has 4 rings (SSSR count). The number of hydrogen-bond acceptors (Lipinski definition) is 5. The SMILES string of the molecule is O=C1CNC(=O)N1Cc1ccc(-c2nc3sccc3c(=O)[nH]2)cc1. The number of carbonyl (C=O) groups excluding carboxylic acids is 2. The van der Waals surface area contributed by atoms with Crippen LogP contribution in [0.1, 0.15) is 5.56 Å². The molecular formula is C16H12N4O3S. The van der Waals surface area contributed by atoms with Gasteiger partial charge in [0, 0.05) is 5.56 Å². The Hall–Kier alpha value is -3.00. The van der Waals surface area contributed by atoms with Crippen LogP contribution in [0.5, 0.6) is 0 Å². The lowest BCUT2D eigenvalue weighted by atomic mass is 10.1. The molecule has 24 heavy (non-hydrogen) atoms. The van der Waals surface area contributed by atoms with Gasteiger partial charge in [0.15, 0.2) is 0 Å². The van der Waals surface area contributed by atoms with E-state index in [-0.39, 0.29) is 30.6 Å². The molecule has 1 aliphatic rings. The third kappa shape index (κ3) is 2.46. The van der Waals surface area contributed by atoms with Gasteiger partial charge in [0.2, 0.25) is 5.91 Å².